The van der Waals surface area contributed by atoms with Gasteiger partial charge >= 0.3 is 0 Å². The molecule has 2 rings (SSSR count). The molecular weight excluding hydrogens is 242 g/mol. The van der Waals surface area contributed by atoms with Gasteiger partial charge in [-0.15, -0.1) is 0 Å². The van der Waals surface area contributed by atoms with E-state index in [-0.39, 0.29) is 11.4 Å². The average molecular weight is 257 g/mol. The molecule has 2 aromatic rings. The van der Waals surface area contributed by atoms with Crippen molar-refractivity contribution in [1.82, 2.24) is 4.73 Å². The highest BCUT2D eigenvalue weighted by atomic mass is 16.5. The Balaban J connectivity index is 2.31. The molecule has 0 spiro atoms. The topological polar surface area (TPSA) is 57.8 Å². The Morgan fingerprint density at radius 3 is 2.42 bits per heavy atom. The fourth-order valence-electron chi connectivity index (χ4n) is 1.58. The van der Waals surface area contributed by atoms with Gasteiger partial charge in [0.1, 0.15) is 0 Å². The Morgan fingerprint density at radius 2 is 1.84 bits per heavy atom. The highest BCUT2D eigenvalue weighted by Gasteiger charge is 2.04. The predicted octanol–water partition coefficient (Wildman–Crippen LogP) is 1.53. The third-order valence-electron chi connectivity index (χ3n) is 2.67. The predicted molar refractivity (Wildman–Crippen MR) is 72.3 cm³/mol. The molecule has 0 radical (unpaired) electrons. The summed E-state index contributed by atoms with van der Waals surface area (Å²) in [4.78, 5) is 17.8. The number of carbonyl (C=O) groups is 1. The number of nitrogens with zero attached hydrogens (tertiary/aromatic N) is 3. The highest BCUT2D eigenvalue weighted by molar-refractivity contribution is 5.95. The third-order valence-corrected chi connectivity index (χ3v) is 2.67. The van der Waals surface area contributed by atoms with Crippen molar-refractivity contribution < 1.29 is 10.0 Å². The van der Waals surface area contributed by atoms with Crippen LogP contribution in [0.5, 0.6) is 0 Å². The first kappa shape index (κ1) is 12.9. The molecule has 0 saturated carbocycles. The van der Waals surface area contributed by atoms with Crippen molar-refractivity contribution in [2.45, 2.75) is 0 Å². The molecule has 0 saturated heterocycles. The maximum Gasteiger partial charge on any atom is 0.279 e. The van der Waals surface area contributed by atoms with Crippen LogP contribution in [-0.2, 0) is 0 Å². The molecule has 0 unspecified atom stereocenters. The lowest BCUT2D eigenvalue weighted by Gasteiger charge is -2.11. The number of rotatable bonds is 2. The number of hydrogen-bond donors (Lipinski definition) is 1. The quantitative estimate of drug-likeness (QED) is 0.830. The van der Waals surface area contributed by atoms with Crippen LogP contribution in [0.25, 0.3) is 0 Å². The van der Waals surface area contributed by atoms with Crippen LogP contribution < -0.4 is 10.4 Å². The van der Waals surface area contributed by atoms with Crippen LogP contribution in [0.1, 0.15) is 10.4 Å². The van der Waals surface area contributed by atoms with E-state index in [2.05, 4.69) is 4.99 Å². The van der Waals surface area contributed by atoms with Crippen molar-refractivity contribution in [2.75, 3.05) is 19.0 Å². The minimum Gasteiger partial charge on any atom is -0.427 e. The van der Waals surface area contributed by atoms with Gasteiger partial charge in [-0.2, -0.15) is 9.72 Å². The number of carbonyl (C=O) groups excluding carboxylic acids is 1. The molecule has 0 atom stereocenters. The summed E-state index contributed by atoms with van der Waals surface area (Å²) in [6.07, 6.45) is 1.42. The van der Waals surface area contributed by atoms with Gasteiger partial charge < -0.3 is 10.1 Å². The summed E-state index contributed by atoms with van der Waals surface area (Å²) in [6.45, 7) is 0. The molecule has 1 N–H and O–H groups in total. The van der Waals surface area contributed by atoms with Crippen molar-refractivity contribution in [3.8, 4) is 0 Å². The summed E-state index contributed by atoms with van der Waals surface area (Å²) in [5, 5.41) is 9.49. The highest BCUT2D eigenvalue weighted by Crippen LogP contribution is 2.12. The van der Waals surface area contributed by atoms with Gasteiger partial charge in [0.25, 0.3) is 5.91 Å². The summed E-state index contributed by atoms with van der Waals surface area (Å²) in [7, 11) is 3.86. The second-order valence-corrected chi connectivity index (χ2v) is 4.26. The second kappa shape index (κ2) is 5.39. The van der Waals surface area contributed by atoms with E-state index in [0.717, 1.165) is 10.4 Å². The van der Waals surface area contributed by atoms with E-state index in [1.54, 1.807) is 30.3 Å². The first-order valence-electron chi connectivity index (χ1n) is 5.81. The second-order valence-electron chi connectivity index (χ2n) is 4.26. The molecule has 1 aromatic heterocycles. The molecule has 0 aliphatic heterocycles. The zero-order valence-electron chi connectivity index (χ0n) is 10.8. The van der Waals surface area contributed by atoms with Crippen molar-refractivity contribution in [3.05, 3.63) is 59.7 Å². The van der Waals surface area contributed by atoms with E-state index in [0.29, 0.717) is 5.56 Å². The Kier molecular flexibility index (Phi) is 3.66. The van der Waals surface area contributed by atoms with E-state index in [4.69, 9.17) is 0 Å². The minimum atomic E-state index is -0.390. The average Bonchev–Trinajstić information content (AvgIpc) is 2.41. The van der Waals surface area contributed by atoms with E-state index < -0.39 is 0 Å². The Hall–Kier alpha value is -2.56. The molecule has 19 heavy (non-hydrogen) atoms. The van der Waals surface area contributed by atoms with Crippen LogP contribution >= 0.6 is 0 Å². The maximum absolute atomic E-state index is 11.9. The number of anilines is 1. The summed E-state index contributed by atoms with van der Waals surface area (Å²) < 4.78 is 0.812. The Labute approximate surface area is 111 Å². The van der Waals surface area contributed by atoms with E-state index >= 15 is 0 Å². The van der Waals surface area contributed by atoms with E-state index in [9.17, 15) is 10.0 Å². The van der Waals surface area contributed by atoms with Gasteiger partial charge in [-0.3, -0.25) is 4.79 Å². The van der Waals surface area contributed by atoms with Crippen molar-refractivity contribution in [1.29, 1.82) is 0 Å². The van der Waals surface area contributed by atoms with Crippen LogP contribution in [0, 0.1) is 0 Å². The molecule has 0 aliphatic carbocycles. The zero-order valence-corrected chi connectivity index (χ0v) is 10.8. The van der Waals surface area contributed by atoms with Gasteiger partial charge in [-0.05, 0) is 36.4 Å². The van der Waals surface area contributed by atoms with Crippen LogP contribution in [0.4, 0.5) is 5.69 Å². The molecule has 1 aromatic carbocycles. The number of benzene rings is 1. The molecule has 98 valence electrons. The van der Waals surface area contributed by atoms with Crippen LogP contribution in [0.3, 0.4) is 0 Å². The largest absolute Gasteiger partial charge is 0.427 e. The number of aromatic nitrogens is 1. The molecule has 1 amide bonds. The molecular formula is C14H15N3O2. The van der Waals surface area contributed by atoms with Gasteiger partial charge in [0.05, 0.1) is 0 Å². The molecule has 1 heterocycles. The lowest BCUT2D eigenvalue weighted by atomic mass is 10.2. The van der Waals surface area contributed by atoms with Gasteiger partial charge in [0, 0.05) is 31.5 Å². The van der Waals surface area contributed by atoms with Crippen molar-refractivity contribution in [2.24, 2.45) is 4.99 Å². The normalized spacial score (nSPS) is 11.4. The van der Waals surface area contributed by atoms with Gasteiger partial charge in [0.2, 0.25) is 0 Å². The van der Waals surface area contributed by atoms with Crippen molar-refractivity contribution in [3.63, 3.8) is 0 Å². The molecule has 0 fully saturated rings. The van der Waals surface area contributed by atoms with E-state index in [1.807, 2.05) is 31.1 Å². The summed E-state index contributed by atoms with van der Waals surface area (Å²) in [6, 6.07) is 12.0. The standard InChI is InChI=1S/C14H15N3O2/c1-16(2)12-8-6-11(7-9-12)14(18)15-13-5-3-4-10-17(13)19/h3-10,19H,1-2H3. The molecule has 5 nitrogen and oxygen atoms in total. The minimum absolute atomic E-state index is 0.198. The molecule has 5 heteroatoms. The van der Waals surface area contributed by atoms with E-state index in [1.165, 1.54) is 6.20 Å². The number of pyridine rings is 1. The van der Waals surface area contributed by atoms with Crippen LogP contribution in [0.15, 0.2) is 53.7 Å². The fourth-order valence-corrected chi connectivity index (χ4v) is 1.58. The molecule has 0 bridgehead atoms. The first-order valence-corrected chi connectivity index (χ1v) is 5.81. The van der Waals surface area contributed by atoms with Gasteiger partial charge in [0.15, 0.2) is 5.49 Å². The van der Waals surface area contributed by atoms with Gasteiger partial charge in [-0.25, -0.2) is 0 Å². The summed E-state index contributed by atoms with van der Waals surface area (Å²) in [5.74, 6) is -0.390. The smallest absolute Gasteiger partial charge is 0.279 e. The van der Waals surface area contributed by atoms with Gasteiger partial charge in [-0.1, -0.05) is 6.07 Å². The lowest BCUT2D eigenvalue weighted by molar-refractivity contribution is 0.0988. The van der Waals surface area contributed by atoms with Crippen molar-refractivity contribution >= 4 is 11.6 Å². The van der Waals surface area contributed by atoms with Crippen LogP contribution in [-0.4, -0.2) is 29.9 Å². The molecule has 0 aliphatic rings. The monoisotopic (exact) mass is 257 g/mol. The maximum atomic E-state index is 11.9. The Morgan fingerprint density at radius 1 is 1.16 bits per heavy atom. The first-order chi connectivity index (χ1) is 9.08. The third kappa shape index (κ3) is 3.01. The number of hydrogen-bond acceptors (Lipinski definition) is 3. The SMILES string of the molecule is CN(C)c1ccc(C(=O)N=c2ccccn2O)cc1. The fraction of sp³-hybridized carbons (Fsp3) is 0.143. The lowest BCUT2D eigenvalue weighted by Crippen LogP contribution is -2.19. The Bertz CT molecular complexity index is 642. The summed E-state index contributed by atoms with van der Waals surface area (Å²) >= 11 is 0. The summed E-state index contributed by atoms with van der Waals surface area (Å²) in [5.41, 5.74) is 1.69. The van der Waals surface area contributed by atoms with Crippen LogP contribution in [0.2, 0.25) is 0 Å². The number of amides is 1. The zero-order chi connectivity index (χ0) is 13.8.